The number of carbonyl (C=O) groups is 2. The second-order valence-electron chi connectivity index (χ2n) is 7.40. The van der Waals surface area contributed by atoms with Gasteiger partial charge in [-0.1, -0.05) is 32.0 Å². The molecule has 1 aromatic heterocycles. The van der Waals surface area contributed by atoms with Crippen molar-refractivity contribution in [1.82, 2.24) is 10.2 Å². The normalized spacial score (nSPS) is 10.8. The van der Waals surface area contributed by atoms with Crippen LogP contribution in [-0.2, 0) is 14.2 Å². The molecule has 0 unspecified atom stereocenters. The van der Waals surface area contributed by atoms with E-state index in [0.29, 0.717) is 40.3 Å². The van der Waals surface area contributed by atoms with Crippen molar-refractivity contribution >= 4 is 47.2 Å². The largest absolute Gasteiger partial charge is 0.561 e. The predicted molar refractivity (Wildman–Crippen MR) is 117 cm³/mol. The Bertz CT molecular complexity index is 1070. The van der Waals surface area contributed by atoms with E-state index in [4.69, 9.17) is 5.73 Å². The summed E-state index contributed by atoms with van der Waals surface area (Å²) in [6, 6.07) is 10.4. The van der Waals surface area contributed by atoms with E-state index in [0.717, 1.165) is 17.4 Å². The number of nitrogens with one attached hydrogen (secondary N) is 1. The van der Waals surface area contributed by atoms with Crippen LogP contribution in [0.15, 0.2) is 42.6 Å². The van der Waals surface area contributed by atoms with Gasteiger partial charge in [0.15, 0.2) is 0 Å². The summed E-state index contributed by atoms with van der Waals surface area (Å²) in [7, 11) is -1.41. The lowest BCUT2D eigenvalue weighted by atomic mass is 9.78. The van der Waals surface area contributed by atoms with Crippen LogP contribution >= 0.6 is 0 Å². The molecule has 0 saturated carbocycles. The summed E-state index contributed by atoms with van der Waals surface area (Å²) in [6.07, 6.45) is 2.65. The molecule has 2 aromatic carbocycles. The molecule has 0 aliphatic carbocycles. The van der Waals surface area contributed by atoms with Crippen LogP contribution in [0.25, 0.3) is 22.0 Å². The van der Waals surface area contributed by atoms with Crippen LogP contribution in [0.3, 0.4) is 0 Å². The average Bonchev–Trinajstić information content (AvgIpc) is 2.72. The Hall–Kier alpha value is -3.46. The third-order valence-corrected chi connectivity index (χ3v) is 4.72. The Morgan fingerprint density at radius 2 is 2.10 bits per heavy atom. The van der Waals surface area contributed by atoms with E-state index in [9.17, 15) is 14.6 Å². The fraction of sp³-hybridized carbons (Fsp3) is 0.238. The molecule has 3 aromatic rings. The van der Waals surface area contributed by atoms with E-state index >= 15 is 0 Å². The number of hydrogen-bond donors (Lipinski definition) is 3. The van der Waals surface area contributed by atoms with Gasteiger partial charge in [0.05, 0.1) is 17.4 Å². The molecule has 3 rings (SSSR count). The quantitative estimate of drug-likeness (QED) is 0.386. The molecule has 1 amide bonds. The zero-order chi connectivity index (χ0) is 21.7. The molecule has 4 N–H and O–H groups in total. The number of amides is 1. The molecule has 0 aliphatic heterocycles. The molecule has 9 heteroatoms. The minimum atomic E-state index is -1.41. The summed E-state index contributed by atoms with van der Waals surface area (Å²) >= 11 is 0. The summed E-state index contributed by atoms with van der Waals surface area (Å²) in [5.74, 6) is 0.310. The summed E-state index contributed by atoms with van der Waals surface area (Å²) in [4.78, 5) is 23.0. The van der Waals surface area contributed by atoms with E-state index in [2.05, 4.69) is 34.0 Å². The number of anilines is 2. The molecule has 154 valence electrons. The second kappa shape index (κ2) is 9.36. The van der Waals surface area contributed by atoms with Crippen LogP contribution in [0.5, 0.6) is 0 Å². The lowest BCUT2D eigenvalue weighted by molar-refractivity contribution is -0.121. The van der Waals surface area contributed by atoms with Gasteiger partial charge in [0.25, 0.3) is 6.47 Å². The lowest BCUT2D eigenvalue weighted by Gasteiger charge is -2.15. The van der Waals surface area contributed by atoms with Crippen molar-refractivity contribution in [2.75, 3.05) is 11.1 Å². The molecule has 0 fully saturated rings. The molecular formula is C21H23BN4O4. The number of hydrogen-bond acceptors (Lipinski definition) is 7. The van der Waals surface area contributed by atoms with E-state index in [1.165, 1.54) is 6.20 Å². The predicted octanol–water partition coefficient (Wildman–Crippen LogP) is 2.11. The first-order valence-electron chi connectivity index (χ1n) is 9.61. The number of benzene rings is 2. The van der Waals surface area contributed by atoms with Gasteiger partial charge >= 0.3 is 7.12 Å². The SMILES string of the molecule is CC(C)CCC(=O)Nc1ccc(B(O)OC=O)cc1-c1ccc2c(N)cnnc2c1. The van der Waals surface area contributed by atoms with E-state index in [1.54, 1.807) is 24.3 Å². The molecule has 30 heavy (non-hydrogen) atoms. The number of nitrogens with zero attached hydrogens (tertiary/aromatic N) is 2. The average molecular weight is 406 g/mol. The number of rotatable bonds is 8. The summed E-state index contributed by atoms with van der Waals surface area (Å²) < 4.78 is 4.64. The zero-order valence-corrected chi connectivity index (χ0v) is 16.8. The second-order valence-corrected chi connectivity index (χ2v) is 7.40. The maximum Gasteiger partial charge on any atom is 0.561 e. The molecule has 0 bridgehead atoms. The van der Waals surface area contributed by atoms with E-state index in [1.807, 2.05) is 12.1 Å². The maximum absolute atomic E-state index is 12.4. The van der Waals surface area contributed by atoms with Crippen LogP contribution in [-0.4, -0.2) is 34.7 Å². The molecule has 1 heterocycles. The Balaban J connectivity index is 2.03. The molecule has 8 nitrogen and oxygen atoms in total. The van der Waals surface area contributed by atoms with Gasteiger partial charge in [-0.25, -0.2) is 0 Å². The fourth-order valence-electron chi connectivity index (χ4n) is 3.08. The smallest absolute Gasteiger partial charge is 0.508 e. The van der Waals surface area contributed by atoms with Crippen LogP contribution in [0.2, 0.25) is 0 Å². The highest BCUT2D eigenvalue weighted by atomic mass is 16.5. The van der Waals surface area contributed by atoms with Gasteiger partial charge in [0.2, 0.25) is 5.91 Å². The van der Waals surface area contributed by atoms with Crippen LogP contribution in [0.1, 0.15) is 26.7 Å². The third-order valence-electron chi connectivity index (χ3n) is 4.72. The fourth-order valence-corrected chi connectivity index (χ4v) is 3.08. The Morgan fingerprint density at radius 3 is 2.83 bits per heavy atom. The van der Waals surface area contributed by atoms with Crippen molar-refractivity contribution < 1.29 is 19.3 Å². The van der Waals surface area contributed by atoms with E-state index in [-0.39, 0.29) is 12.4 Å². The highest BCUT2D eigenvalue weighted by Crippen LogP contribution is 2.31. The number of nitrogens with two attached hydrogens (primary N) is 1. The Kier molecular flexibility index (Phi) is 6.63. The number of nitrogen functional groups attached to an aromatic ring is 1. The topological polar surface area (TPSA) is 127 Å². The van der Waals surface area contributed by atoms with Gasteiger partial charge in [-0.05, 0) is 41.6 Å². The van der Waals surface area contributed by atoms with Crippen molar-refractivity contribution in [1.29, 1.82) is 0 Å². The summed E-state index contributed by atoms with van der Waals surface area (Å²) in [6.45, 7) is 4.30. The monoisotopic (exact) mass is 406 g/mol. The molecule has 0 spiro atoms. The Labute approximate surface area is 174 Å². The van der Waals surface area contributed by atoms with Gasteiger partial charge in [-0.15, -0.1) is 0 Å². The lowest BCUT2D eigenvalue weighted by Crippen LogP contribution is -2.33. The van der Waals surface area contributed by atoms with Crippen molar-refractivity contribution in [2.24, 2.45) is 5.92 Å². The van der Waals surface area contributed by atoms with Crippen molar-refractivity contribution in [2.45, 2.75) is 26.7 Å². The first-order valence-corrected chi connectivity index (χ1v) is 9.61. The Morgan fingerprint density at radius 1 is 1.30 bits per heavy atom. The highest BCUT2D eigenvalue weighted by molar-refractivity contribution is 6.61. The van der Waals surface area contributed by atoms with E-state index < -0.39 is 7.12 Å². The van der Waals surface area contributed by atoms with Crippen molar-refractivity contribution in [3.05, 3.63) is 42.6 Å². The standard InChI is InChI=1S/C21H23BN4O4/c1-13(2)3-8-21(28)25-19-7-5-15(22(29)30-12-27)10-17(19)14-4-6-16-18(23)11-24-26-20(16)9-14/h4-7,9-13,29H,3,8H2,1-2H3,(H2,23,26)(H,25,28). The summed E-state index contributed by atoms with van der Waals surface area (Å²) in [5, 5.41) is 21.7. The van der Waals surface area contributed by atoms with Crippen LogP contribution in [0, 0.1) is 5.92 Å². The third kappa shape index (κ3) is 4.93. The van der Waals surface area contributed by atoms with Crippen LogP contribution in [0.4, 0.5) is 11.4 Å². The van der Waals surface area contributed by atoms with Gasteiger partial charge in [0.1, 0.15) is 0 Å². The van der Waals surface area contributed by atoms with Gasteiger partial charge in [-0.3, -0.25) is 9.59 Å². The molecule has 0 atom stereocenters. The first kappa shape index (κ1) is 21.3. The highest BCUT2D eigenvalue weighted by Gasteiger charge is 2.20. The minimum Gasteiger partial charge on any atom is -0.508 e. The zero-order valence-electron chi connectivity index (χ0n) is 16.8. The number of fused-ring (bicyclic) bond motifs is 1. The molecule has 0 saturated heterocycles. The van der Waals surface area contributed by atoms with Crippen molar-refractivity contribution in [3.63, 3.8) is 0 Å². The number of carbonyl (C=O) groups excluding carboxylic acids is 2. The molecular weight excluding hydrogens is 383 g/mol. The molecule has 0 radical (unpaired) electrons. The maximum atomic E-state index is 12.4. The number of aromatic nitrogens is 2. The molecule has 0 aliphatic rings. The van der Waals surface area contributed by atoms with Crippen LogP contribution < -0.4 is 16.5 Å². The first-order chi connectivity index (χ1) is 14.4. The van der Waals surface area contributed by atoms with Gasteiger partial charge < -0.3 is 20.7 Å². The summed E-state index contributed by atoms with van der Waals surface area (Å²) in [5.41, 5.74) is 9.39. The van der Waals surface area contributed by atoms with Gasteiger partial charge in [-0.2, -0.15) is 10.2 Å². The van der Waals surface area contributed by atoms with Gasteiger partial charge in [0, 0.05) is 23.1 Å². The minimum absolute atomic E-state index is 0.104. The van der Waals surface area contributed by atoms with Crippen molar-refractivity contribution in [3.8, 4) is 11.1 Å².